The average Bonchev–Trinajstić information content (AvgIpc) is 2.58. The van der Waals surface area contributed by atoms with E-state index in [1.54, 1.807) is 7.11 Å². The summed E-state index contributed by atoms with van der Waals surface area (Å²) in [5.41, 5.74) is 2.41. The van der Waals surface area contributed by atoms with Crippen molar-refractivity contribution in [2.45, 2.75) is 46.0 Å². The first-order chi connectivity index (χ1) is 11.8. The summed E-state index contributed by atoms with van der Waals surface area (Å²) < 4.78 is 11.2. The van der Waals surface area contributed by atoms with Crippen molar-refractivity contribution in [3.05, 3.63) is 53.6 Å². The summed E-state index contributed by atoms with van der Waals surface area (Å²) in [6, 6.07) is 14.7. The molecule has 0 radical (unpaired) electrons. The van der Waals surface area contributed by atoms with Crippen LogP contribution in [-0.2, 0) is 10.2 Å². The maximum absolute atomic E-state index is 7.03. The highest BCUT2D eigenvalue weighted by molar-refractivity contribution is 7.95. The second kappa shape index (κ2) is 8.54. The number of halogens is 1. The average molecular weight is 379 g/mol. The third-order valence-electron chi connectivity index (χ3n) is 4.11. The van der Waals surface area contributed by atoms with Gasteiger partial charge in [-0.3, -0.25) is 0 Å². The van der Waals surface area contributed by atoms with Crippen LogP contribution >= 0.6 is 18.5 Å². The Morgan fingerprint density at radius 3 is 2.24 bits per heavy atom. The summed E-state index contributed by atoms with van der Waals surface area (Å²) in [6.45, 7) is 11.2. The first kappa shape index (κ1) is 20.2. The van der Waals surface area contributed by atoms with E-state index in [0.29, 0.717) is 5.92 Å². The lowest BCUT2D eigenvalue weighted by atomic mass is 9.86. The first-order valence-electron chi connectivity index (χ1n) is 8.57. The molecule has 0 aliphatic rings. The summed E-state index contributed by atoms with van der Waals surface area (Å²) >= 11 is 7.03. The van der Waals surface area contributed by atoms with Crippen molar-refractivity contribution in [1.29, 1.82) is 0 Å². The van der Waals surface area contributed by atoms with Crippen LogP contribution in [0.1, 0.15) is 51.7 Å². The molecule has 4 heteroatoms. The Hall–Kier alpha value is -1.08. The van der Waals surface area contributed by atoms with E-state index in [1.807, 2.05) is 0 Å². The van der Waals surface area contributed by atoms with Gasteiger partial charge in [0.2, 0.25) is 0 Å². The van der Waals surface area contributed by atoms with Crippen LogP contribution in [0.3, 0.4) is 0 Å². The fourth-order valence-electron chi connectivity index (χ4n) is 2.82. The summed E-state index contributed by atoms with van der Waals surface area (Å²) in [6.07, 6.45) is 0. The molecule has 0 heterocycles. The fraction of sp³-hybridized carbons (Fsp3) is 0.429. The molecule has 2 nitrogen and oxygen atoms in total. The van der Waals surface area contributed by atoms with E-state index < -0.39 is 7.27 Å². The molecule has 0 aromatic heterocycles. The largest absolute Gasteiger partial charge is 0.467 e. The van der Waals surface area contributed by atoms with Gasteiger partial charge in [-0.05, 0) is 28.3 Å². The number of hydrogen-bond donors (Lipinski definition) is 0. The molecule has 0 saturated heterocycles. The van der Waals surface area contributed by atoms with E-state index in [1.165, 1.54) is 10.9 Å². The van der Waals surface area contributed by atoms with Gasteiger partial charge in [0.05, 0.1) is 7.27 Å². The predicted molar refractivity (Wildman–Crippen MR) is 110 cm³/mol. The molecule has 0 aliphatic carbocycles. The van der Waals surface area contributed by atoms with Gasteiger partial charge in [0, 0.05) is 18.0 Å². The Morgan fingerprint density at radius 2 is 1.64 bits per heavy atom. The quantitative estimate of drug-likeness (QED) is 0.475. The van der Waals surface area contributed by atoms with Crippen LogP contribution in [0.25, 0.3) is 0 Å². The number of ether oxygens (including phenoxy) is 2. The van der Waals surface area contributed by atoms with E-state index in [0.717, 1.165) is 16.6 Å². The molecule has 0 spiro atoms. The lowest BCUT2D eigenvalue weighted by molar-refractivity contribution is 0.0506. The molecule has 0 amide bonds. The van der Waals surface area contributed by atoms with Gasteiger partial charge in [-0.15, -0.1) is 0 Å². The molecule has 0 N–H and O–H groups in total. The summed E-state index contributed by atoms with van der Waals surface area (Å²) in [4.78, 5) is 0. The van der Waals surface area contributed by atoms with E-state index in [4.69, 9.17) is 20.7 Å². The van der Waals surface area contributed by atoms with Gasteiger partial charge in [0.15, 0.2) is 6.79 Å². The van der Waals surface area contributed by atoms with E-state index >= 15 is 0 Å². The third kappa shape index (κ3) is 4.76. The van der Waals surface area contributed by atoms with Crippen LogP contribution in [0.2, 0.25) is 0 Å². The van der Waals surface area contributed by atoms with Gasteiger partial charge in [-0.2, -0.15) is 0 Å². The molecule has 0 aliphatic heterocycles. The first-order valence-corrected chi connectivity index (χ1v) is 10.8. The molecule has 2 aromatic carbocycles. The standard InChI is InChI=1S/C21H28ClO2P/c1-15(2)16-10-7-8-12-18(16)25(22)19-13-9-11-17(21(3,4)5)20(19)24-14-23-6/h7-13,15H,14H2,1-6H3. The van der Waals surface area contributed by atoms with E-state index in [2.05, 4.69) is 77.1 Å². The normalized spacial score (nSPS) is 13.1. The Labute approximate surface area is 158 Å². The molecule has 0 saturated carbocycles. The Kier molecular flexibility index (Phi) is 6.91. The van der Waals surface area contributed by atoms with Gasteiger partial charge in [-0.25, -0.2) is 0 Å². The highest BCUT2D eigenvalue weighted by Crippen LogP contribution is 2.46. The Morgan fingerprint density at radius 1 is 1.00 bits per heavy atom. The highest BCUT2D eigenvalue weighted by Gasteiger charge is 2.26. The molecule has 2 aromatic rings. The maximum Gasteiger partial charge on any atom is 0.188 e. The monoisotopic (exact) mass is 378 g/mol. The second-order valence-corrected chi connectivity index (χ2v) is 9.99. The molecule has 25 heavy (non-hydrogen) atoms. The van der Waals surface area contributed by atoms with Crippen molar-refractivity contribution < 1.29 is 9.47 Å². The van der Waals surface area contributed by atoms with Crippen molar-refractivity contribution in [3.8, 4) is 5.75 Å². The van der Waals surface area contributed by atoms with Crippen molar-refractivity contribution in [2.24, 2.45) is 0 Å². The minimum Gasteiger partial charge on any atom is -0.467 e. The molecule has 1 atom stereocenters. The molecule has 0 bridgehead atoms. The smallest absolute Gasteiger partial charge is 0.188 e. The van der Waals surface area contributed by atoms with Crippen LogP contribution in [0.15, 0.2) is 42.5 Å². The molecule has 2 rings (SSSR count). The Bertz CT molecular complexity index is 707. The highest BCUT2D eigenvalue weighted by atomic mass is 35.7. The fourth-order valence-corrected chi connectivity index (χ4v) is 5.30. The maximum atomic E-state index is 7.03. The lowest BCUT2D eigenvalue weighted by Gasteiger charge is -2.26. The summed E-state index contributed by atoms with van der Waals surface area (Å²) in [5.74, 6) is 1.28. The number of methoxy groups -OCH3 is 1. The summed E-state index contributed by atoms with van der Waals surface area (Å²) in [5, 5.41) is 2.25. The van der Waals surface area contributed by atoms with E-state index in [-0.39, 0.29) is 12.2 Å². The third-order valence-corrected chi connectivity index (χ3v) is 6.80. The van der Waals surface area contributed by atoms with E-state index in [9.17, 15) is 0 Å². The molecular weight excluding hydrogens is 351 g/mol. The van der Waals surface area contributed by atoms with Crippen molar-refractivity contribution in [2.75, 3.05) is 13.9 Å². The lowest BCUT2D eigenvalue weighted by Crippen LogP contribution is -2.22. The van der Waals surface area contributed by atoms with Gasteiger partial charge >= 0.3 is 0 Å². The molecule has 1 unspecified atom stereocenters. The van der Waals surface area contributed by atoms with Gasteiger partial charge in [0.25, 0.3) is 0 Å². The zero-order valence-corrected chi connectivity index (χ0v) is 17.6. The van der Waals surface area contributed by atoms with Crippen LogP contribution in [0, 0.1) is 0 Å². The van der Waals surface area contributed by atoms with Crippen molar-refractivity contribution in [3.63, 3.8) is 0 Å². The summed E-state index contributed by atoms with van der Waals surface area (Å²) in [7, 11) is 0.603. The van der Waals surface area contributed by atoms with Crippen LogP contribution < -0.4 is 15.3 Å². The number of benzene rings is 2. The second-order valence-electron chi connectivity index (χ2n) is 7.45. The molecule has 136 valence electrons. The minimum atomic E-state index is -1.03. The number of rotatable bonds is 6. The topological polar surface area (TPSA) is 18.5 Å². The van der Waals surface area contributed by atoms with Gasteiger partial charge in [0.1, 0.15) is 5.75 Å². The van der Waals surface area contributed by atoms with Crippen LogP contribution in [-0.4, -0.2) is 13.9 Å². The van der Waals surface area contributed by atoms with Gasteiger partial charge < -0.3 is 9.47 Å². The van der Waals surface area contributed by atoms with Gasteiger partial charge in [-0.1, -0.05) is 82.3 Å². The van der Waals surface area contributed by atoms with Crippen molar-refractivity contribution in [1.82, 2.24) is 0 Å². The Balaban J connectivity index is 2.58. The SMILES string of the molecule is COCOc1c(P(Cl)c2ccccc2C(C)C)cccc1C(C)(C)C. The van der Waals surface area contributed by atoms with Crippen molar-refractivity contribution >= 4 is 29.1 Å². The molecular formula is C21H28ClO2P. The molecule has 0 fully saturated rings. The zero-order valence-electron chi connectivity index (χ0n) is 16.0. The van der Waals surface area contributed by atoms with Crippen LogP contribution in [0.4, 0.5) is 0 Å². The zero-order chi connectivity index (χ0) is 18.6. The predicted octanol–water partition coefficient (Wildman–Crippen LogP) is 5.68. The minimum absolute atomic E-state index is 0.0380. The number of para-hydroxylation sites is 1. The number of hydrogen-bond acceptors (Lipinski definition) is 2. The van der Waals surface area contributed by atoms with Crippen LogP contribution in [0.5, 0.6) is 5.75 Å².